The number of nitrogens with two attached hydrogens (primary N) is 1. The molecule has 2 aliphatic rings. The summed E-state index contributed by atoms with van der Waals surface area (Å²) in [5.74, 6) is -1.75. The van der Waals surface area contributed by atoms with Gasteiger partial charge in [-0.15, -0.1) is 0 Å². The second-order valence-electron chi connectivity index (χ2n) is 9.03. The van der Waals surface area contributed by atoms with E-state index in [1.807, 2.05) is 9.44 Å². The van der Waals surface area contributed by atoms with Crippen LogP contribution >= 0.6 is 0 Å². The molecule has 0 bridgehead atoms. The standard InChI is InChI=1S/C12H17N3O6S2.C10H13N3O4S/c1-22(18,19)13-6-2-3-9-4-5-10(11(16)7-9)15-8-12(17)14-23(15,20)21;11-4-3-7-1-2-8(9(14)5-7)13-6-10(15)12-18(13,16)17/h4-5,7,13,16H,2-3,6,8H2,1H3,(H,14,17);1-2,5,14H,3-4,6,11H2,(H,12,15). The van der Waals surface area contributed by atoms with Crippen molar-refractivity contribution in [3.05, 3.63) is 47.5 Å². The van der Waals surface area contributed by atoms with Crippen LogP contribution in [0, 0.1) is 0 Å². The van der Waals surface area contributed by atoms with Crippen molar-refractivity contribution in [2.24, 2.45) is 5.73 Å². The molecular weight excluding hydrogens is 604 g/mol. The Labute approximate surface area is 237 Å². The zero-order valence-electron chi connectivity index (χ0n) is 21.8. The fraction of sp³-hybridized carbons (Fsp3) is 0.364. The number of aryl methyl sites for hydroxylation is 1. The Balaban J connectivity index is 0.000000232. The molecule has 0 unspecified atom stereocenters. The van der Waals surface area contributed by atoms with E-state index in [4.69, 9.17) is 5.73 Å². The molecule has 2 aromatic carbocycles. The molecule has 16 nitrogen and oxygen atoms in total. The number of sulfonamides is 1. The number of nitrogens with zero attached hydrogens (tertiary/aromatic N) is 2. The van der Waals surface area contributed by atoms with E-state index in [-0.39, 0.29) is 42.5 Å². The number of rotatable bonds is 9. The van der Waals surface area contributed by atoms with Crippen LogP contribution in [0.4, 0.5) is 11.4 Å². The van der Waals surface area contributed by atoms with Gasteiger partial charge in [-0.25, -0.2) is 31.2 Å². The molecule has 0 atom stereocenters. The van der Waals surface area contributed by atoms with E-state index in [0.717, 1.165) is 26.0 Å². The van der Waals surface area contributed by atoms with E-state index >= 15 is 0 Å². The lowest BCUT2D eigenvalue weighted by Crippen LogP contribution is -2.29. The number of hydrogen-bond donors (Lipinski definition) is 6. The van der Waals surface area contributed by atoms with E-state index in [9.17, 15) is 45.1 Å². The Morgan fingerprint density at radius 2 is 1.29 bits per heavy atom. The van der Waals surface area contributed by atoms with Gasteiger partial charge in [-0.2, -0.15) is 16.8 Å². The highest BCUT2D eigenvalue weighted by Crippen LogP contribution is 2.32. The van der Waals surface area contributed by atoms with Gasteiger partial charge in [-0.1, -0.05) is 12.1 Å². The van der Waals surface area contributed by atoms with E-state index in [2.05, 4.69) is 4.72 Å². The van der Waals surface area contributed by atoms with Crippen LogP contribution in [0.3, 0.4) is 0 Å². The van der Waals surface area contributed by atoms with Gasteiger partial charge in [0.25, 0.3) is 11.8 Å². The minimum absolute atomic E-state index is 0.0151. The summed E-state index contributed by atoms with van der Waals surface area (Å²) in [5, 5.41) is 19.8. The molecule has 19 heteroatoms. The number of amides is 2. The summed E-state index contributed by atoms with van der Waals surface area (Å²) in [6, 6.07) is 8.99. The van der Waals surface area contributed by atoms with Gasteiger partial charge in [-0.05, 0) is 61.2 Å². The van der Waals surface area contributed by atoms with E-state index in [1.54, 1.807) is 12.1 Å². The molecule has 2 aliphatic heterocycles. The van der Waals surface area contributed by atoms with Gasteiger partial charge in [0.1, 0.15) is 24.6 Å². The van der Waals surface area contributed by atoms with Crippen molar-refractivity contribution in [2.45, 2.75) is 19.3 Å². The Morgan fingerprint density at radius 1 is 0.854 bits per heavy atom. The van der Waals surface area contributed by atoms with Crippen LogP contribution in [-0.4, -0.2) is 79.7 Å². The molecule has 7 N–H and O–H groups in total. The molecule has 0 spiro atoms. The highest BCUT2D eigenvalue weighted by atomic mass is 32.2. The summed E-state index contributed by atoms with van der Waals surface area (Å²) in [5.41, 5.74) is 7.00. The fourth-order valence-electron chi connectivity index (χ4n) is 3.91. The number of aromatic hydroxyl groups is 2. The maximum atomic E-state index is 11.7. The normalized spacial score (nSPS) is 17.5. The number of anilines is 2. The number of carbonyl (C=O) groups is 2. The third-order valence-electron chi connectivity index (χ3n) is 5.70. The zero-order valence-corrected chi connectivity index (χ0v) is 24.2. The minimum atomic E-state index is -3.96. The van der Waals surface area contributed by atoms with Crippen LogP contribution in [0.1, 0.15) is 17.5 Å². The summed E-state index contributed by atoms with van der Waals surface area (Å²) in [6.45, 7) is -0.0131. The fourth-order valence-corrected chi connectivity index (χ4v) is 6.75. The van der Waals surface area contributed by atoms with Crippen LogP contribution in [0.25, 0.3) is 0 Å². The number of benzene rings is 2. The Bertz CT molecular complexity index is 1650. The first-order chi connectivity index (χ1) is 19.0. The molecule has 0 radical (unpaired) electrons. The summed E-state index contributed by atoms with van der Waals surface area (Å²) in [7, 11) is -11.1. The highest BCUT2D eigenvalue weighted by molar-refractivity contribution is 7.92. The number of phenolic OH excluding ortho intramolecular Hbond substituents is 2. The minimum Gasteiger partial charge on any atom is -0.506 e. The summed E-state index contributed by atoms with van der Waals surface area (Å²) >= 11 is 0. The molecule has 226 valence electrons. The maximum absolute atomic E-state index is 11.7. The smallest absolute Gasteiger partial charge is 0.326 e. The number of phenols is 2. The largest absolute Gasteiger partial charge is 0.506 e. The van der Waals surface area contributed by atoms with Crippen molar-refractivity contribution in [1.82, 2.24) is 14.2 Å². The molecule has 41 heavy (non-hydrogen) atoms. The molecule has 2 amide bonds. The first-order valence-electron chi connectivity index (χ1n) is 12.0. The van der Waals surface area contributed by atoms with Gasteiger partial charge in [0.05, 0.1) is 17.6 Å². The lowest BCUT2D eigenvalue weighted by Gasteiger charge is -2.16. The van der Waals surface area contributed by atoms with Gasteiger partial charge < -0.3 is 15.9 Å². The first kappa shape index (κ1) is 31.9. The van der Waals surface area contributed by atoms with Crippen molar-refractivity contribution in [2.75, 3.05) is 41.0 Å². The molecule has 2 heterocycles. The highest BCUT2D eigenvalue weighted by Gasteiger charge is 2.36. The SMILES string of the molecule is CS(=O)(=O)NCCCc1ccc(N2CC(=O)NS2(=O)=O)c(O)c1.NCCc1ccc(N2CC(=O)NS2(=O)=O)c(O)c1. The lowest BCUT2D eigenvalue weighted by atomic mass is 10.1. The molecule has 2 saturated heterocycles. The maximum Gasteiger partial charge on any atom is 0.326 e. The molecule has 0 saturated carbocycles. The number of carbonyl (C=O) groups excluding carboxylic acids is 2. The second kappa shape index (κ2) is 12.5. The van der Waals surface area contributed by atoms with Crippen molar-refractivity contribution in [1.29, 1.82) is 0 Å². The lowest BCUT2D eigenvalue weighted by molar-refractivity contribution is -0.118. The predicted molar refractivity (Wildman–Crippen MR) is 149 cm³/mol. The third kappa shape index (κ3) is 8.43. The van der Waals surface area contributed by atoms with Crippen molar-refractivity contribution in [3.8, 4) is 11.5 Å². The predicted octanol–water partition coefficient (Wildman–Crippen LogP) is -1.87. The van der Waals surface area contributed by atoms with Crippen LogP contribution < -0.4 is 28.5 Å². The van der Waals surface area contributed by atoms with E-state index < -0.39 is 42.3 Å². The number of hydrogen-bond acceptors (Lipinski definition) is 11. The number of nitrogens with one attached hydrogen (secondary N) is 3. The summed E-state index contributed by atoms with van der Waals surface area (Å²) in [6.07, 6.45) is 2.67. The average molecular weight is 635 g/mol. The van der Waals surface area contributed by atoms with Crippen molar-refractivity contribution >= 4 is 53.6 Å². The second-order valence-corrected chi connectivity index (χ2v) is 14.1. The summed E-state index contributed by atoms with van der Waals surface area (Å²) in [4.78, 5) is 22.3. The van der Waals surface area contributed by atoms with E-state index in [0.29, 0.717) is 25.8 Å². The summed E-state index contributed by atoms with van der Waals surface area (Å²) < 4.78 is 76.2. The van der Waals surface area contributed by atoms with Crippen molar-refractivity contribution < 1.29 is 45.1 Å². The topological polar surface area (TPSA) is 246 Å². The molecule has 0 aliphatic carbocycles. The van der Waals surface area contributed by atoms with E-state index in [1.165, 1.54) is 24.3 Å². The Hall–Kier alpha value is -3.65. The van der Waals surface area contributed by atoms with Crippen LogP contribution in [0.2, 0.25) is 0 Å². The Kier molecular flexibility index (Phi) is 9.70. The van der Waals surface area contributed by atoms with Gasteiger partial charge in [0.15, 0.2) is 0 Å². The molecule has 2 fully saturated rings. The molecule has 2 aromatic rings. The van der Waals surface area contributed by atoms with Crippen LogP contribution in [-0.2, 0) is 52.9 Å². The first-order valence-corrected chi connectivity index (χ1v) is 16.7. The molecule has 4 rings (SSSR count). The van der Waals surface area contributed by atoms with Crippen LogP contribution in [0.5, 0.6) is 11.5 Å². The monoisotopic (exact) mass is 634 g/mol. The van der Waals surface area contributed by atoms with Gasteiger partial charge in [-0.3, -0.25) is 9.59 Å². The third-order valence-corrected chi connectivity index (χ3v) is 9.21. The average Bonchev–Trinajstić information content (AvgIpc) is 3.28. The zero-order chi connectivity index (χ0) is 30.6. The van der Waals surface area contributed by atoms with Gasteiger partial charge >= 0.3 is 20.4 Å². The molecule has 0 aromatic heterocycles. The van der Waals surface area contributed by atoms with Gasteiger partial charge in [0, 0.05) is 6.54 Å². The van der Waals surface area contributed by atoms with Crippen LogP contribution in [0.15, 0.2) is 36.4 Å². The molecular formula is C22H30N6O10S3. The quantitative estimate of drug-likeness (QED) is 0.167. The van der Waals surface area contributed by atoms with Crippen molar-refractivity contribution in [3.63, 3.8) is 0 Å². The Morgan fingerprint density at radius 3 is 1.63 bits per heavy atom. The van der Waals surface area contributed by atoms with Gasteiger partial charge in [0.2, 0.25) is 10.0 Å².